The van der Waals surface area contributed by atoms with Gasteiger partial charge in [-0.15, -0.1) is 24.8 Å². The second kappa shape index (κ2) is 12.4. The summed E-state index contributed by atoms with van der Waals surface area (Å²) in [5.74, 6) is 1.18. The summed E-state index contributed by atoms with van der Waals surface area (Å²) in [4.78, 5) is 19.2. The van der Waals surface area contributed by atoms with Gasteiger partial charge in [0.25, 0.3) is 0 Å². The predicted molar refractivity (Wildman–Crippen MR) is 113 cm³/mol. The van der Waals surface area contributed by atoms with Gasteiger partial charge in [-0.1, -0.05) is 18.9 Å². The topological polar surface area (TPSA) is 80.5 Å². The minimum Gasteiger partial charge on any atom is -0.381 e. The van der Waals surface area contributed by atoms with Crippen molar-refractivity contribution >= 4 is 36.5 Å². The number of hydrogen-bond donors (Lipinski definition) is 2. The number of nitrogens with two attached hydrogens (primary N) is 1. The largest absolute Gasteiger partial charge is 0.381 e. The average Bonchev–Trinajstić information content (AvgIpc) is 2.96. The molecule has 1 aromatic heterocycles. The molecule has 3 N–H and O–H groups in total. The summed E-state index contributed by atoms with van der Waals surface area (Å²) in [6.45, 7) is 4.05. The van der Waals surface area contributed by atoms with Crippen LogP contribution in [0.15, 0.2) is 18.3 Å². The van der Waals surface area contributed by atoms with E-state index in [4.69, 9.17) is 10.5 Å². The lowest BCUT2D eigenvalue weighted by Gasteiger charge is -2.26. The Hall–Kier alpha value is -1.08. The number of nitrogens with one attached hydrogen (secondary N) is 1. The highest BCUT2D eigenvalue weighted by Crippen LogP contribution is 2.19. The van der Waals surface area contributed by atoms with E-state index in [9.17, 15) is 4.79 Å². The summed E-state index contributed by atoms with van der Waals surface area (Å²) < 4.78 is 5.33. The standard InChI is InChI=1S/C19H30N4O2.2ClH/c20-18(16-7-11-25-12-8-16)19(24)22-14-15-5-6-17(21-13-15)23-9-3-1-2-4-10-23;;/h5-6,13,16,18H,1-4,7-12,14,20H2,(H,22,24);2*1H. The molecule has 1 aromatic rings. The molecular weight excluding hydrogens is 387 g/mol. The van der Waals surface area contributed by atoms with Crippen molar-refractivity contribution in [2.24, 2.45) is 11.7 Å². The molecule has 3 rings (SSSR count). The van der Waals surface area contributed by atoms with Gasteiger partial charge in [0.05, 0.1) is 6.04 Å². The molecule has 2 saturated heterocycles. The molecule has 0 bridgehead atoms. The van der Waals surface area contributed by atoms with Crippen molar-refractivity contribution in [1.82, 2.24) is 10.3 Å². The molecular formula is C19H32Cl2N4O2. The normalized spacial score (nSPS) is 19.2. The van der Waals surface area contributed by atoms with E-state index in [0.717, 1.165) is 37.3 Å². The highest BCUT2D eigenvalue weighted by atomic mass is 35.5. The van der Waals surface area contributed by atoms with Crippen molar-refractivity contribution in [3.8, 4) is 0 Å². The molecule has 8 heteroatoms. The smallest absolute Gasteiger partial charge is 0.237 e. The summed E-state index contributed by atoms with van der Waals surface area (Å²) >= 11 is 0. The van der Waals surface area contributed by atoms with Crippen LogP contribution in [0.3, 0.4) is 0 Å². The molecule has 0 aromatic carbocycles. The van der Waals surface area contributed by atoms with E-state index < -0.39 is 6.04 Å². The van der Waals surface area contributed by atoms with E-state index in [2.05, 4.69) is 21.3 Å². The first kappa shape index (κ1) is 24.0. The first-order valence-electron chi connectivity index (χ1n) is 9.55. The lowest BCUT2D eigenvalue weighted by Crippen LogP contribution is -2.46. The Morgan fingerprint density at radius 1 is 1.19 bits per heavy atom. The molecule has 1 unspecified atom stereocenters. The molecule has 0 radical (unpaired) electrons. The number of carbonyl (C=O) groups is 1. The van der Waals surface area contributed by atoms with Crippen molar-refractivity contribution in [3.63, 3.8) is 0 Å². The van der Waals surface area contributed by atoms with Gasteiger partial charge in [0.15, 0.2) is 0 Å². The first-order valence-corrected chi connectivity index (χ1v) is 9.55. The molecule has 2 fully saturated rings. The highest BCUT2D eigenvalue weighted by molar-refractivity contribution is 5.85. The van der Waals surface area contributed by atoms with Crippen LogP contribution in [0.1, 0.15) is 44.1 Å². The average molecular weight is 419 g/mol. The third kappa shape index (κ3) is 7.11. The maximum absolute atomic E-state index is 12.3. The van der Waals surface area contributed by atoms with Crippen LogP contribution >= 0.6 is 24.8 Å². The molecule has 27 heavy (non-hydrogen) atoms. The number of nitrogens with zero attached hydrogens (tertiary/aromatic N) is 2. The van der Waals surface area contributed by atoms with Gasteiger partial charge in [0.1, 0.15) is 5.82 Å². The zero-order chi connectivity index (χ0) is 17.5. The van der Waals surface area contributed by atoms with Crippen molar-refractivity contribution in [3.05, 3.63) is 23.9 Å². The van der Waals surface area contributed by atoms with Crippen LogP contribution in [0, 0.1) is 5.92 Å². The summed E-state index contributed by atoms with van der Waals surface area (Å²) in [5.41, 5.74) is 7.11. The zero-order valence-corrected chi connectivity index (χ0v) is 17.4. The number of anilines is 1. The van der Waals surface area contributed by atoms with Gasteiger partial charge in [-0.25, -0.2) is 4.98 Å². The van der Waals surface area contributed by atoms with E-state index in [1.165, 1.54) is 25.7 Å². The second-order valence-corrected chi connectivity index (χ2v) is 7.12. The number of rotatable bonds is 5. The number of carbonyl (C=O) groups excluding carboxylic acids is 1. The Balaban J connectivity index is 0.00000182. The van der Waals surface area contributed by atoms with Crippen molar-refractivity contribution in [2.45, 2.75) is 51.1 Å². The summed E-state index contributed by atoms with van der Waals surface area (Å²) in [6, 6.07) is 3.66. The number of aromatic nitrogens is 1. The molecule has 0 aliphatic carbocycles. The maximum Gasteiger partial charge on any atom is 0.237 e. The van der Waals surface area contributed by atoms with Gasteiger partial charge in [-0.2, -0.15) is 0 Å². The van der Waals surface area contributed by atoms with Gasteiger partial charge in [0.2, 0.25) is 5.91 Å². The van der Waals surface area contributed by atoms with Crippen LogP contribution in [-0.4, -0.2) is 43.2 Å². The van der Waals surface area contributed by atoms with E-state index in [0.29, 0.717) is 19.8 Å². The van der Waals surface area contributed by atoms with Crippen LogP contribution in [0.25, 0.3) is 0 Å². The van der Waals surface area contributed by atoms with E-state index >= 15 is 0 Å². The van der Waals surface area contributed by atoms with E-state index in [1.54, 1.807) is 0 Å². The number of amides is 1. The molecule has 0 saturated carbocycles. The molecule has 3 heterocycles. The van der Waals surface area contributed by atoms with Crippen LogP contribution < -0.4 is 16.0 Å². The Kier molecular flexibility index (Phi) is 11.0. The summed E-state index contributed by atoms with van der Waals surface area (Å²) in [6.07, 6.45) is 8.69. The fourth-order valence-corrected chi connectivity index (χ4v) is 3.60. The van der Waals surface area contributed by atoms with Crippen molar-refractivity contribution in [1.29, 1.82) is 0 Å². The van der Waals surface area contributed by atoms with Gasteiger partial charge in [0, 0.05) is 39.0 Å². The minimum atomic E-state index is -0.451. The van der Waals surface area contributed by atoms with Gasteiger partial charge >= 0.3 is 0 Å². The van der Waals surface area contributed by atoms with Crippen molar-refractivity contribution < 1.29 is 9.53 Å². The summed E-state index contributed by atoms with van der Waals surface area (Å²) in [5, 5.41) is 2.95. The molecule has 2 aliphatic heterocycles. The third-order valence-corrected chi connectivity index (χ3v) is 5.28. The Morgan fingerprint density at radius 3 is 2.44 bits per heavy atom. The third-order valence-electron chi connectivity index (χ3n) is 5.28. The number of halogens is 2. The van der Waals surface area contributed by atoms with Crippen LogP contribution in [0.2, 0.25) is 0 Å². The van der Waals surface area contributed by atoms with Crippen LogP contribution in [0.5, 0.6) is 0 Å². The lowest BCUT2D eigenvalue weighted by molar-refractivity contribution is -0.124. The van der Waals surface area contributed by atoms with E-state index in [-0.39, 0.29) is 36.6 Å². The molecule has 2 aliphatic rings. The fourth-order valence-electron chi connectivity index (χ4n) is 3.60. The quantitative estimate of drug-likeness (QED) is 0.767. The highest BCUT2D eigenvalue weighted by Gasteiger charge is 2.26. The Bertz CT molecular complexity index is 545. The molecule has 0 spiro atoms. The predicted octanol–water partition coefficient (Wildman–Crippen LogP) is 2.68. The monoisotopic (exact) mass is 418 g/mol. The molecule has 1 atom stereocenters. The number of ether oxygens (including phenoxy) is 1. The van der Waals surface area contributed by atoms with Crippen LogP contribution in [-0.2, 0) is 16.1 Å². The van der Waals surface area contributed by atoms with Crippen molar-refractivity contribution in [2.75, 3.05) is 31.2 Å². The maximum atomic E-state index is 12.3. The zero-order valence-electron chi connectivity index (χ0n) is 15.8. The van der Waals surface area contributed by atoms with Gasteiger partial charge in [-0.3, -0.25) is 4.79 Å². The summed E-state index contributed by atoms with van der Waals surface area (Å²) in [7, 11) is 0. The van der Waals surface area contributed by atoms with Crippen LogP contribution in [0.4, 0.5) is 5.82 Å². The van der Waals surface area contributed by atoms with Gasteiger partial charge in [-0.05, 0) is 43.2 Å². The number of pyridine rings is 1. The first-order chi connectivity index (χ1) is 12.2. The Labute approximate surface area is 174 Å². The minimum absolute atomic E-state index is 0. The Morgan fingerprint density at radius 2 is 1.85 bits per heavy atom. The second-order valence-electron chi connectivity index (χ2n) is 7.12. The van der Waals surface area contributed by atoms with Gasteiger partial charge < -0.3 is 20.7 Å². The molecule has 6 nitrogen and oxygen atoms in total. The molecule has 154 valence electrons. The lowest BCUT2D eigenvalue weighted by atomic mass is 9.92. The SMILES string of the molecule is Cl.Cl.NC(C(=O)NCc1ccc(N2CCCCCC2)nc1)C1CCOCC1. The fraction of sp³-hybridized carbons (Fsp3) is 0.684. The molecule has 1 amide bonds. The number of hydrogen-bond acceptors (Lipinski definition) is 5. The van der Waals surface area contributed by atoms with E-state index in [1.807, 2.05) is 12.3 Å².